The molecule has 0 aromatic heterocycles. The normalized spacial score (nSPS) is 17.1. The molecule has 0 saturated carbocycles. The molecule has 3 rings (SSSR count). The van der Waals surface area contributed by atoms with E-state index in [9.17, 15) is 0 Å². The van der Waals surface area contributed by atoms with Crippen LogP contribution >= 0.6 is 0 Å². The molecule has 0 radical (unpaired) electrons. The van der Waals surface area contributed by atoms with Gasteiger partial charge in [-0.05, 0) is 54.7 Å². The number of rotatable bonds is 4. The van der Waals surface area contributed by atoms with Crippen molar-refractivity contribution in [3.8, 4) is 0 Å². The summed E-state index contributed by atoms with van der Waals surface area (Å²) in [5, 5.41) is 3.60. The summed E-state index contributed by atoms with van der Waals surface area (Å²) in [7, 11) is 4.14. The van der Waals surface area contributed by atoms with Gasteiger partial charge in [-0.2, -0.15) is 0 Å². The smallest absolute Gasteiger partial charge is 0.0362 e. The van der Waals surface area contributed by atoms with Gasteiger partial charge in [-0.1, -0.05) is 24.3 Å². The third-order valence-electron chi connectivity index (χ3n) is 4.43. The average Bonchev–Trinajstić information content (AvgIpc) is 2.53. The van der Waals surface area contributed by atoms with Crippen molar-refractivity contribution in [3.63, 3.8) is 0 Å². The highest BCUT2D eigenvalue weighted by molar-refractivity contribution is 5.54. The number of benzene rings is 2. The Bertz CT molecular complexity index is 587. The second-order valence-corrected chi connectivity index (χ2v) is 6.11. The molecule has 0 amide bonds. The molecule has 21 heavy (non-hydrogen) atoms. The maximum absolute atomic E-state index is 3.60. The van der Waals surface area contributed by atoms with Crippen LogP contribution in [0.15, 0.2) is 48.5 Å². The summed E-state index contributed by atoms with van der Waals surface area (Å²) in [4.78, 5) is 2.13. The average molecular weight is 280 g/mol. The number of nitrogens with one attached hydrogen (secondary N) is 1. The zero-order valence-corrected chi connectivity index (χ0v) is 13.0. The van der Waals surface area contributed by atoms with E-state index in [0.717, 1.165) is 6.54 Å². The molecule has 2 nitrogen and oxygen atoms in total. The van der Waals surface area contributed by atoms with E-state index in [4.69, 9.17) is 0 Å². The van der Waals surface area contributed by atoms with Gasteiger partial charge in [0, 0.05) is 37.9 Å². The minimum absolute atomic E-state index is 0.642. The van der Waals surface area contributed by atoms with Crippen LogP contribution in [0.25, 0.3) is 0 Å². The molecule has 0 spiro atoms. The van der Waals surface area contributed by atoms with Gasteiger partial charge in [0.1, 0.15) is 0 Å². The number of hydrogen-bond donors (Lipinski definition) is 1. The molecule has 1 atom stereocenters. The largest absolute Gasteiger partial charge is 0.384 e. The van der Waals surface area contributed by atoms with Crippen molar-refractivity contribution in [1.82, 2.24) is 0 Å². The van der Waals surface area contributed by atoms with Gasteiger partial charge in [0.25, 0.3) is 0 Å². The fourth-order valence-electron chi connectivity index (χ4n) is 3.19. The highest BCUT2D eigenvalue weighted by Gasteiger charge is 2.19. The Labute approximate surface area is 127 Å². The Morgan fingerprint density at radius 2 is 1.81 bits per heavy atom. The van der Waals surface area contributed by atoms with Crippen LogP contribution in [-0.4, -0.2) is 20.6 Å². The van der Waals surface area contributed by atoms with Gasteiger partial charge in [0.2, 0.25) is 0 Å². The Morgan fingerprint density at radius 1 is 1.05 bits per heavy atom. The Kier molecular flexibility index (Phi) is 4.14. The van der Waals surface area contributed by atoms with Crippen molar-refractivity contribution < 1.29 is 0 Å². The highest BCUT2D eigenvalue weighted by Crippen LogP contribution is 2.31. The molecule has 2 aromatic rings. The Balaban J connectivity index is 1.66. The quantitative estimate of drug-likeness (QED) is 0.899. The summed E-state index contributed by atoms with van der Waals surface area (Å²) in [5.41, 5.74) is 5.53. The minimum Gasteiger partial charge on any atom is -0.384 e. The maximum Gasteiger partial charge on any atom is 0.0362 e. The van der Waals surface area contributed by atoms with E-state index in [1.54, 1.807) is 11.1 Å². The summed E-state index contributed by atoms with van der Waals surface area (Å²) in [6, 6.07) is 17.6. The van der Waals surface area contributed by atoms with Crippen molar-refractivity contribution >= 4 is 11.4 Å². The third kappa shape index (κ3) is 3.21. The molecule has 2 aromatic carbocycles. The molecule has 0 saturated heterocycles. The summed E-state index contributed by atoms with van der Waals surface area (Å²) in [6.45, 7) is 1.03. The van der Waals surface area contributed by atoms with Crippen molar-refractivity contribution in [3.05, 3.63) is 59.7 Å². The first-order valence-electron chi connectivity index (χ1n) is 7.83. The fourth-order valence-corrected chi connectivity index (χ4v) is 3.19. The van der Waals surface area contributed by atoms with Gasteiger partial charge in [-0.3, -0.25) is 0 Å². The molecule has 0 heterocycles. The fraction of sp³-hybridized carbons (Fsp3) is 0.368. The first kappa shape index (κ1) is 14.0. The predicted octanol–water partition coefficient (Wildman–Crippen LogP) is 4.28. The molecule has 1 aliphatic rings. The van der Waals surface area contributed by atoms with Crippen LogP contribution in [0.3, 0.4) is 0 Å². The minimum atomic E-state index is 0.642. The molecule has 2 heteroatoms. The topological polar surface area (TPSA) is 15.3 Å². The van der Waals surface area contributed by atoms with Crippen LogP contribution in [-0.2, 0) is 6.42 Å². The SMILES string of the molecule is CN(C)c1ccc(NCC2CCCc3ccccc32)cc1. The zero-order valence-electron chi connectivity index (χ0n) is 13.0. The molecule has 1 N–H and O–H groups in total. The van der Waals surface area contributed by atoms with Gasteiger partial charge in [0.15, 0.2) is 0 Å². The Hall–Kier alpha value is -1.96. The van der Waals surface area contributed by atoms with E-state index in [1.165, 1.54) is 30.6 Å². The number of nitrogens with zero attached hydrogens (tertiary/aromatic N) is 1. The van der Waals surface area contributed by atoms with Crippen molar-refractivity contribution in [1.29, 1.82) is 0 Å². The van der Waals surface area contributed by atoms with Crippen LogP contribution in [0, 0.1) is 0 Å². The van der Waals surface area contributed by atoms with E-state index in [0.29, 0.717) is 5.92 Å². The van der Waals surface area contributed by atoms with E-state index >= 15 is 0 Å². The van der Waals surface area contributed by atoms with Crippen molar-refractivity contribution in [2.24, 2.45) is 0 Å². The van der Waals surface area contributed by atoms with Crippen LogP contribution in [0.5, 0.6) is 0 Å². The Morgan fingerprint density at radius 3 is 2.57 bits per heavy atom. The standard InChI is InChI=1S/C19H24N2/c1-21(2)18-12-10-17(11-13-18)20-14-16-8-5-7-15-6-3-4-9-19(15)16/h3-4,6,9-13,16,20H,5,7-8,14H2,1-2H3. The molecule has 0 aliphatic heterocycles. The van der Waals surface area contributed by atoms with Crippen molar-refractivity contribution in [2.75, 3.05) is 30.9 Å². The lowest BCUT2D eigenvalue weighted by atomic mass is 9.83. The predicted molar refractivity (Wildman–Crippen MR) is 91.4 cm³/mol. The number of anilines is 2. The van der Waals surface area contributed by atoms with Crippen LogP contribution in [0.4, 0.5) is 11.4 Å². The van der Waals surface area contributed by atoms with E-state index in [1.807, 2.05) is 0 Å². The number of aryl methyl sites for hydroxylation is 1. The maximum atomic E-state index is 3.60. The molecular weight excluding hydrogens is 256 g/mol. The number of fused-ring (bicyclic) bond motifs is 1. The van der Waals surface area contributed by atoms with Crippen LogP contribution < -0.4 is 10.2 Å². The summed E-state index contributed by atoms with van der Waals surface area (Å²) in [5.74, 6) is 0.642. The molecule has 1 aliphatic carbocycles. The van der Waals surface area contributed by atoms with E-state index in [2.05, 4.69) is 72.8 Å². The van der Waals surface area contributed by atoms with Gasteiger partial charge in [0.05, 0.1) is 0 Å². The summed E-state index contributed by atoms with van der Waals surface area (Å²) in [6.07, 6.45) is 3.84. The zero-order chi connectivity index (χ0) is 14.7. The molecule has 110 valence electrons. The monoisotopic (exact) mass is 280 g/mol. The summed E-state index contributed by atoms with van der Waals surface area (Å²) >= 11 is 0. The van der Waals surface area contributed by atoms with Gasteiger partial charge < -0.3 is 10.2 Å². The summed E-state index contributed by atoms with van der Waals surface area (Å²) < 4.78 is 0. The second kappa shape index (κ2) is 6.21. The van der Waals surface area contributed by atoms with Gasteiger partial charge in [-0.25, -0.2) is 0 Å². The van der Waals surface area contributed by atoms with Crippen molar-refractivity contribution in [2.45, 2.75) is 25.2 Å². The second-order valence-electron chi connectivity index (χ2n) is 6.11. The third-order valence-corrected chi connectivity index (χ3v) is 4.43. The lowest BCUT2D eigenvalue weighted by Gasteiger charge is -2.26. The van der Waals surface area contributed by atoms with Gasteiger partial charge in [-0.15, -0.1) is 0 Å². The highest BCUT2D eigenvalue weighted by atomic mass is 15.1. The van der Waals surface area contributed by atoms with Crippen LogP contribution in [0.2, 0.25) is 0 Å². The number of hydrogen-bond acceptors (Lipinski definition) is 2. The lowest BCUT2D eigenvalue weighted by molar-refractivity contribution is 0.572. The van der Waals surface area contributed by atoms with E-state index in [-0.39, 0.29) is 0 Å². The lowest BCUT2D eigenvalue weighted by Crippen LogP contribution is -2.18. The first-order valence-corrected chi connectivity index (χ1v) is 7.83. The molecule has 0 fully saturated rings. The van der Waals surface area contributed by atoms with E-state index < -0.39 is 0 Å². The molecular formula is C19H24N2. The molecule has 1 unspecified atom stereocenters. The molecule has 0 bridgehead atoms. The first-order chi connectivity index (χ1) is 10.2. The van der Waals surface area contributed by atoms with Crippen LogP contribution in [0.1, 0.15) is 29.9 Å². The van der Waals surface area contributed by atoms with Gasteiger partial charge >= 0.3 is 0 Å².